The number of amides is 1. The van der Waals surface area contributed by atoms with E-state index in [2.05, 4.69) is 5.32 Å². The molecule has 0 atom stereocenters. The predicted octanol–water partition coefficient (Wildman–Crippen LogP) is 3.45. The van der Waals surface area contributed by atoms with Crippen molar-refractivity contribution in [1.29, 1.82) is 5.26 Å². The number of anilines is 1. The van der Waals surface area contributed by atoms with E-state index in [1.165, 1.54) is 12.1 Å². The maximum atomic E-state index is 13.3. The Balaban J connectivity index is 2.10. The first-order valence-corrected chi connectivity index (χ1v) is 7.70. The van der Waals surface area contributed by atoms with Gasteiger partial charge in [-0.1, -0.05) is 25.7 Å². The topological polar surface area (TPSA) is 90.2 Å². The zero-order valence-corrected chi connectivity index (χ0v) is 12.8. The van der Waals surface area contributed by atoms with Crippen molar-refractivity contribution in [3.63, 3.8) is 0 Å². The number of carboxylic acid groups (broad SMARTS) is 1. The maximum Gasteiger partial charge on any atom is 0.310 e. The third kappa shape index (κ3) is 4.07. The SMILES string of the molecule is N#Cc1cc(NC(=O)CC2(C(=O)O)CCCCCC2)ccc1F. The van der Waals surface area contributed by atoms with Crippen LogP contribution in [-0.4, -0.2) is 17.0 Å². The minimum Gasteiger partial charge on any atom is -0.481 e. The number of carbonyl (C=O) groups is 2. The fourth-order valence-corrected chi connectivity index (χ4v) is 3.07. The number of hydrogen-bond donors (Lipinski definition) is 2. The molecular formula is C17H19FN2O3. The van der Waals surface area contributed by atoms with Crippen molar-refractivity contribution < 1.29 is 19.1 Å². The zero-order valence-electron chi connectivity index (χ0n) is 12.8. The maximum absolute atomic E-state index is 13.3. The highest BCUT2D eigenvalue weighted by atomic mass is 19.1. The van der Waals surface area contributed by atoms with Gasteiger partial charge in [0.15, 0.2) is 0 Å². The highest BCUT2D eigenvalue weighted by molar-refractivity contribution is 5.94. The van der Waals surface area contributed by atoms with E-state index in [0.29, 0.717) is 18.5 Å². The average Bonchev–Trinajstić information content (AvgIpc) is 2.75. The summed E-state index contributed by atoms with van der Waals surface area (Å²) in [6.07, 6.45) is 4.44. The Kier molecular flexibility index (Phi) is 5.32. The molecule has 0 unspecified atom stereocenters. The number of nitriles is 1. The van der Waals surface area contributed by atoms with Crippen LogP contribution in [0, 0.1) is 22.6 Å². The van der Waals surface area contributed by atoms with E-state index in [4.69, 9.17) is 5.26 Å². The Morgan fingerprint density at radius 2 is 1.91 bits per heavy atom. The van der Waals surface area contributed by atoms with Crippen molar-refractivity contribution in [2.45, 2.75) is 44.9 Å². The van der Waals surface area contributed by atoms with Crippen molar-refractivity contribution >= 4 is 17.6 Å². The molecule has 0 heterocycles. The fourth-order valence-electron chi connectivity index (χ4n) is 3.07. The van der Waals surface area contributed by atoms with Crippen LogP contribution < -0.4 is 5.32 Å². The van der Waals surface area contributed by atoms with Crippen LogP contribution in [-0.2, 0) is 9.59 Å². The lowest BCUT2D eigenvalue weighted by molar-refractivity contribution is -0.152. The monoisotopic (exact) mass is 318 g/mol. The van der Waals surface area contributed by atoms with Gasteiger partial charge >= 0.3 is 5.97 Å². The first kappa shape index (κ1) is 16.9. The van der Waals surface area contributed by atoms with Crippen LogP contribution >= 0.6 is 0 Å². The smallest absolute Gasteiger partial charge is 0.310 e. The summed E-state index contributed by atoms with van der Waals surface area (Å²) in [5.74, 6) is -2.02. The van der Waals surface area contributed by atoms with Gasteiger partial charge in [0.2, 0.25) is 5.91 Å². The van der Waals surface area contributed by atoms with Gasteiger partial charge in [-0.2, -0.15) is 5.26 Å². The number of nitrogens with zero attached hydrogens (tertiary/aromatic N) is 1. The number of rotatable bonds is 4. The van der Waals surface area contributed by atoms with Crippen molar-refractivity contribution in [3.8, 4) is 6.07 Å². The van der Waals surface area contributed by atoms with Gasteiger partial charge in [-0.05, 0) is 31.0 Å². The molecule has 0 bridgehead atoms. The van der Waals surface area contributed by atoms with Crippen molar-refractivity contribution in [3.05, 3.63) is 29.6 Å². The Hall–Kier alpha value is -2.42. The van der Waals surface area contributed by atoms with E-state index in [-0.39, 0.29) is 12.0 Å². The Bertz CT molecular complexity index is 644. The molecule has 2 N–H and O–H groups in total. The first-order chi connectivity index (χ1) is 11.0. The molecule has 1 saturated carbocycles. The molecule has 1 aromatic rings. The van der Waals surface area contributed by atoms with E-state index in [1.54, 1.807) is 6.07 Å². The van der Waals surface area contributed by atoms with Crippen molar-refractivity contribution in [2.75, 3.05) is 5.32 Å². The standard InChI is InChI=1S/C17H19FN2O3/c18-14-6-5-13(9-12(14)11-19)20-15(21)10-17(16(22)23)7-3-1-2-4-8-17/h5-6,9H,1-4,7-8,10H2,(H,20,21)(H,22,23). The van der Waals surface area contributed by atoms with Gasteiger partial charge in [0.25, 0.3) is 0 Å². The second kappa shape index (κ2) is 7.23. The minimum absolute atomic E-state index is 0.110. The largest absolute Gasteiger partial charge is 0.481 e. The van der Waals surface area contributed by atoms with Gasteiger partial charge in [0, 0.05) is 12.1 Å². The third-order valence-electron chi connectivity index (χ3n) is 4.38. The van der Waals surface area contributed by atoms with Crippen LogP contribution in [0.2, 0.25) is 0 Å². The fraction of sp³-hybridized carbons (Fsp3) is 0.471. The van der Waals surface area contributed by atoms with Gasteiger partial charge in [-0.15, -0.1) is 0 Å². The number of carbonyl (C=O) groups excluding carboxylic acids is 1. The molecule has 2 rings (SSSR count). The van der Waals surface area contributed by atoms with Crippen LogP contribution in [0.15, 0.2) is 18.2 Å². The summed E-state index contributed by atoms with van der Waals surface area (Å²) in [6, 6.07) is 5.41. The van der Waals surface area contributed by atoms with Gasteiger partial charge in [0.1, 0.15) is 11.9 Å². The molecule has 0 radical (unpaired) electrons. The molecular weight excluding hydrogens is 299 g/mol. The Morgan fingerprint density at radius 1 is 1.26 bits per heavy atom. The summed E-state index contributed by atoms with van der Waals surface area (Å²) < 4.78 is 13.3. The van der Waals surface area contributed by atoms with Crippen molar-refractivity contribution in [2.24, 2.45) is 5.41 Å². The number of nitrogens with one attached hydrogen (secondary N) is 1. The van der Waals surface area contributed by atoms with Crippen LogP contribution in [0.4, 0.5) is 10.1 Å². The summed E-state index contributed by atoms with van der Waals surface area (Å²) in [5, 5.41) is 20.9. The van der Waals surface area contributed by atoms with Crippen LogP contribution in [0.25, 0.3) is 0 Å². The number of hydrogen-bond acceptors (Lipinski definition) is 3. The van der Waals surface area contributed by atoms with E-state index in [1.807, 2.05) is 0 Å². The summed E-state index contributed by atoms with van der Waals surface area (Å²) in [7, 11) is 0. The molecule has 0 aromatic heterocycles. The molecule has 1 aliphatic carbocycles. The third-order valence-corrected chi connectivity index (χ3v) is 4.38. The minimum atomic E-state index is -1.03. The number of aliphatic carboxylic acids is 1. The molecule has 6 heteroatoms. The Labute approximate surface area is 134 Å². The highest BCUT2D eigenvalue weighted by Crippen LogP contribution is 2.38. The van der Waals surface area contributed by atoms with Gasteiger partial charge in [-0.25, -0.2) is 4.39 Å². The highest BCUT2D eigenvalue weighted by Gasteiger charge is 2.40. The average molecular weight is 318 g/mol. The molecule has 0 aliphatic heterocycles. The zero-order chi connectivity index (χ0) is 16.9. The lowest BCUT2D eigenvalue weighted by Crippen LogP contribution is -2.35. The molecule has 0 spiro atoms. The molecule has 0 saturated heterocycles. The molecule has 122 valence electrons. The van der Waals surface area contributed by atoms with Gasteiger partial charge < -0.3 is 10.4 Å². The van der Waals surface area contributed by atoms with Gasteiger partial charge in [-0.3, -0.25) is 9.59 Å². The van der Waals surface area contributed by atoms with Crippen LogP contribution in [0.5, 0.6) is 0 Å². The summed E-state index contributed by atoms with van der Waals surface area (Å²) in [6.45, 7) is 0. The lowest BCUT2D eigenvalue weighted by Gasteiger charge is -2.27. The molecule has 5 nitrogen and oxygen atoms in total. The molecule has 1 aliphatic rings. The van der Waals surface area contributed by atoms with E-state index in [9.17, 15) is 19.1 Å². The van der Waals surface area contributed by atoms with Gasteiger partial charge in [0.05, 0.1) is 11.0 Å². The summed E-state index contributed by atoms with van der Waals surface area (Å²) >= 11 is 0. The molecule has 23 heavy (non-hydrogen) atoms. The predicted molar refractivity (Wildman–Crippen MR) is 82.1 cm³/mol. The lowest BCUT2D eigenvalue weighted by atomic mass is 9.77. The molecule has 1 fully saturated rings. The van der Waals surface area contributed by atoms with Crippen LogP contribution in [0.1, 0.15) is 50.5 Å². The second-order valence-electron chi connectivity index (χ2n) is 6.03. The number of carboxylic acids is 1. The molecule has 1 aromatic carbocycles. The van der Waals surface area contributed by atoms with Crippen LogP contribution in [0.3, 0.4) is 0 Å². The second-order valence-corrected chi connectivity index (χ2v) is 6.03. The Morgan fingerprint density at radius 3 is 2.48 bits per heavy atom. The van der Waals surface area contributed by atoms with Crippen molar-refractivity contribution in [1.82, 2.24) is 0 Å². The first-order valence-electron chi connectivity index (χ1n) is 7.70. The molecule has 1 amide bonds. The van der Waals surface area contributed by atoms with E-state index < -0.39 is 23.1 Å². The summed E-state index contributed by atoms with van der Waals surface area (Å²) in [4.78, 5) is 23.9. The summed E-state index contributed by atoms with van der Waals surface area (Å²) in [5.41, 5.74) is -0.897. The van der Waals surface area contributed by atoms with E-state index >= 15 is 0 Å². The quantitative estimate of drug-likeness (QED) is 0.832. The number of benzene rings is 1. The number of halogens is 1. The van der Waals surface area contributed by atoms with E-state index in [0.717, 1.165) is 31.7 Å². The normalized spacial score (nSPS) is 16.9.